The third kappa shape index (κ3) is 5.92. The van der Waals surface area contributed by atoms with Crippen molar-refractivity contribution in [1.29, 1.82) is 0 Å². The summed E-state index contributed by atoms with van der Waals surface area (Å²) in [4.78, 5) is 14.0. The number of amides is 1. The molecule has 0 aliphatic heterocycles. The van der Waals surface area contributed by atoms with Crippen LogP contribution in [-0.4, -0.2) is 46.8 Å². The van der Waals surface area contributed by atoms with Gasteiger partial charge in [0, 0.05) is 25.8 Å². The predicted molar refractivity (Wildman–Crippen MR) is 118 cm³/mol. The van der Waals surface area contributed by atoms with E-state index in [0.29, 0.717) is 6.07 Å². The second kappa shape index (κ2) is 9.89. The molecule has 162 valence electrons. The zero-order chi connectivity index (χ0) is 22.4. The van der Waals surface area contributed by atoms with Gasteiger partial charge in [0.2, 0.25) is 11.1 Å². The Hall–Kier alpha value is -3.67. The van der Waals surface area contributed by atoms with Crippen molar-refractivity contribution in [1.82, 2.24) is 14.9 Å². The van der Waals surface area contributed by atoms with E-state index in [4.69, 9.17) is 5.84 Å². The molecule has 0 radical (unpaired) electrons. The van der Waals surface area contributed by atoms with Crippen LogP contribution in [0.2, 0.25) is 0 Å². The number of nitrogens with zero attached hydrogens (tertiary/aromatic N) is 5. The molecule has 2 aromatic carbocycles. The largest absolute Gasteiger partial charge is 0.378 e. The molecule has 0 spiro atoms. The number of benzene rings is 2. The van der Waals surface area contributed by atoms with Gasteiger partial charge in [-0.2, -0.15) is 5.10 Å². The molecule has 31 heavy (non-hydrogen) atoms. The highest BCUT2D eigenvalue weighted by atomic mass is 32.2. The molecule has 0 unspecified atom stereocenters. The highest BCUT2D eigenvalue weighted by molar-refractivity contribution is 7.99. The second-order valence-corrected chi connectivity index (χ2v) is 7.44. The summed E-state index contributed by atoms with van der Waals surface area (Å²) in [6.07, 6.45) is 1.60. The summed E-state index contributed by atoms with van der Waals surface area (Å²) in [6, 6.07) is 10.6. The van der Waals surface area contributed by atoms with Gasteiger partial charge >= 0.3 is 0 Å². The molecule has 1 heterocycles. The van der Waals surface area contributed by atoms with Crippen LogP contribution in [-0.2, 0) is 4.79 Å². The van der Waals surface area contributed by atoms with Crippen molar-refractivity contribution >= 4 is 41.2 Å². The highest BCUT2D eigenvalue weighted by Crippen LogP contribution is 2.19. The molecule has 0 aliphatic carbocycles. The van der Waals surface area contributed by atoms with Crippen molar-refractivity contribution in [3.05, 3.63) is 59.7 Å². The number of aromatic nitrogens is 3. The smallest absolute Gasteiger partial charge is 0.264 e. The summed E-state index contributed by atoms with van der Waals surface area (Å²) >= 11 is 0.998. The average molecular weight is 446 g/mol. The van der Waals surface area contributed by atoms with Crippen molar-refractivity contribution in [2.45, 2.75) is 5.16 Å². The Balaban J connectivity index is 1.53. The topological polar surface area (TPSA) is 113 Å². The van der Waals surface area contributed by atoms with Gasteiger partial charge in [0.25, 0.3) is 5.95 Å². The third-order valence-electron chi connectivity index (χ3n) is 3.99. The molecule has 3 aromatic rings. The van der Waals surface area contributed by atoms with Crippen LogP contribution in [0.4, 0.5) is 26.1 Å². The lowest BCUT2D eigenvalue weighted by molar-refractivity contribution is -0.113. The van der Waals surface area contributed by atoms with Gasteiger partial charge < -0.3 is 16.1 Å². The van der Waals surface area contributed by atoms with Crippen molar-refractivity contribution in [3.63, 3.8) is 0 Å². The fourth-order valence-electron chi connectivity index (χ4n) is 2.38. The number of hydrazone groups is 1. The SMILES string of the molecule is CN(C)c1ccc(/C=N/Nc2nnc(SCC(=O)Nc3ccc(F)cc3F)n2N)cc1. The number of carbonyl (C=O) groups is 1. The zero-order valence-corrected chi connectivity index (χ0v) is 17.5. The molecular weight excluding hydrogens is 426 g/mol. The van der Waals surface area contributed by atoms with Crippen molar-refractivity contribution in [2.75, 3.05) is 41.3 Å². The van der Waals surface area contributed by atoms with E-state index in [0.717, 1.165) is 39.8 Å². The molecule has 0 bridgehead atoms. The minimum Gasteiger partial charge on any atom is -0.378 e. The number of thioether (sulfide) groups is 1. The molecule has 0 atom stereocenters. The molecule has 12 heteroatoms. The molecule has 0 saturated heterocycles. The van der Waals surface area contributed by atoms with E-state index in [9.17, 15) is 13.6 Å². The van der Waals surface area contributed by atoms with Crippen LogP contribution >= 0.6 is 11.8 Å². The van der Waals surface area contributed by atoms with E-state index in [1.165, 1.54) is 0 Å². The first-order valence-electron chi connectivity index (χ1n) is 8.98. The van der Waals surface area contributed by atoms with Crippen LogP contribution in [0.25, 0.3) is 0 Å². The summed E-state index contributed by atoms with van der Waals surface area (Å²) < 4.78 is 27.7. The maximum absolute atomic E-state index is 13.6. The molecule has 0 aliphatic rings. The molecule has 9 nitrogen and oxygen atoms in total. The van der Waals surface area contributed by atoms with Crippen molar-refractivity contribution < 1.29 is 13.6 Å². The van der Waals surface area contributed by atoms with Crippen LogP contribution < -0.4 is 21.5 Å². The number of hydrogen-bond acceptors (Lipinski definition) is 8. The van der Waals surface area contributed by atoms with Gasteiger partial charge in [-0.05, 0) is 29.8 Å². The molecule has 3 rings (SSSR count). The Kier molecular flexibility index (Phi) is 7.03. The summed E-state index contributed by atoms with van der Waals surface area (Å²) in [7, 11) is 3.91. The van der Waals surface area contributed by atoms with Gasteiger partial charge in [0.05, 0.1) is 17.7 Å². The fourth-order valence-corrected chi connectivity index (χ4v) is 3.04. The number of halogens is 2. The predicted octanol–water partition coefficient (Wildman–Crippen LogP) is 2.51. The number of carbonyl (C=O) groups excluding carboxylic acids is 1. The average Bonchev–Trinajstić information content (AvgIpc) is 3.08. The lowest BCUT2D eigenvalue weighted by atomic mass is 10.2. The molecule has 1 aromatic heterocycles. The monoisotopic (exact) mass is 446 g/mol. The van der Waals surface area contributed by atoms with Gasteiger partial charge in [-0.1, -0.05) is 23.9 Å². The maximum atomic E-state index is 13.6. The van der Waals surface area contributed by atoms with Gasteiger partial charge in [-0.3, -0.25) is 4.79 Å². The van der Waals surface area contributed by atoms with Crippen LogP contribution in [0.15, 0.2) is 52.7 Å². The Morgan fingerprint density at radius 1 is 1.23 bits per heavy atom. The fraction of sp³-hybridized carbons (Fsp3) is 0.158. The maximum Gasteiger partial charge on any atom is 0.264 e. The lowest BCUT2D eigenvalue weighted by Gasteiger charge is -2.11. The van der Waals surface area contributed by atoms with Crippen LogP contribution in [0, 0.1) is 11.6 Å². The zero-order valence-electron chi connectivity index (χ0n) is 16.7. The molecular formula is C19H20F2N8OS. The quantitative estimate of drug-likeness (QED) is 0.211. The first kappa shape index (κ1) is 22.0. The van der Waals surface area contributed by atoms with Crippen molar-refractivity contribution in [3.8, 4) is 0 Å². The highest BCUT2D eigenvalue weighted by Gasteiger charge is 2.13. The minimum atomic E-state index is -0.860. The molecule has 4 N–H and O–H groups in total. The minimum absolute atomic E-state index is 0.104. The van der Waals surface area contributed by atoms with E-state index in [1.54, 1.807) is 6.21 Å². The van der Waals surface area contributed by atoms with Crippen LogP contribution in [0.3, 0.4) is 0 Å². The lowest BCUT2D eigenvalue weighted by Crippen LogP contribution is -2.17. The molecule has 0 fully saturated rings. The van der Waals surface area contributed by atoms with Crippen LogP contribution in [0.5, 0.6) is 0 Å². The van der Waals surface area contributed by atoms with E-state index in [2.05, 4.69) is 26.0 Å². The normalized spacial score (nSPS) is 11.0. The third-order valence-corrected chi connectivity index (χ3v) is 4.93. The van der Waals surface area contributed by atoms with E-state index in [-0.39, 0.29) is 22.5 Å². The number of hydrogen-bond donors (Lipinski definition) is 3. The van der Waals surface area contributed by atoms with E-state index < -0.39 is 17.5 Å². The van der Waals surface area contributed by atoms with Gasteiger partial charge in [-0.15, -0.1) is 10.2 Å². The molecule has 0 saturated carbocycles. The molecule has 1 amide bonds. The Morgan fingerprint density at radius 2 is 1.97 bits per heavy atom. The van der Waals surface area contributed by atoms with Crippen LogP contribution in [0.1, 0.15) is 5.56 Å². The van der Waals surface area contributed by atoms with Gasteiger partial charge in [0.15, 0.2) is 0 Å². The number of rotatable bonds is 8. The number of nitrogens with one attached hydrogen (secondary N) is 2. The Morgan fingerprint density at radius 3 is 2.65 bits per heavy atom. The van der Waals surface area contributed by atoms with E-state index in [1.807, 2.05) is 43.3 Å². The summed E-state index contributed by atoms with van der Waals surface area (Å²) in [5.41, 5.74) is 4.51. The summed E-state index contributed by atoms with van der Waals surface area (Å²) in [6.45, 7) is 0. The first-order valence-corrected chi connectivity index (χ1v) is 9.96. The number of nitrogen functional groups attached to an aromatic ring is 1. The summed E-state index contributed by atoms with van der Waals surface area (Å²) in [5, 5.41) is 14.4. The standard InChI is InChI=1S/C19H20F2N8OS/c1-28(2)14-6-3-12(4-7-14)10-23-25-18-26-27-19(29(18)22)31-11-17(30)24-16-8-5-13(20)9-15(16)21/h3-10H,11,22H2,1-2H3,(H,24,30)(H,25,26)/b23-10+. The number of nitrogens with two attached hydrogens (primary N) is 1. The van der Waals surface area contributed by atoms with Gasteiger partial charge in [-0.25, -0.2) is 18.9 Å². The summed E-state index contributed by atoms with van der Waals surface area (Å²) in [5.74, 6) is 3.89. The Bertz CT molecular complexity index is 1090. The number of anilines is 3. The second-order valence-electron chi connectivity index (χ2n) is 6.49. The van der Waals surface area contributed by atoms with Crippen molar-refractivity contribution in [2.24, 2.45) is 5.10 Å². The first-order chi connectivity index (χ1) is 14.8. The van der Waals surface area contributed by atoms with E-state index >= 15 is 0 Å². The Labute approximate surface area is 181 Å². The van der Waals surface area contributed by atoms with Gasteiger partial charge in [0.1, 0.15) is 11.6 Å².